The normalized spacial score (nSPS) is 14.7. The lowest BCUT2D eigenvalue weighted by molar-refractivity contribution is -0.122. The molecule has 0 atom stereocenters. The van der Waals surface area contributed by atoms with Crippen molar-refractivity contribution in [2.75, 3.05) is 33.4 Å². The van der Waals surface area contributed by atoms with Crippen LogP contribution >= 0.6 is 0 Å². The average Bonchev–Trinajstić information content (AvgIpc) is 3.23. The number of fused-ring (bicyclic) bond motifs is 1. The SMILES string of the molecule is COCCNC(=O)CC1CCN(C(=O)c2ccc3oc(-c4ccccc4)nc3c2)CC1. The zero-order valence-corrected chi connectivity index (χ0v) is 17.7. The van der Waals surface area contributed by atoms with Gasteiger partial charge >= 0.3 is 0 Å². The van der Waals surface area contributed by atoms with E-state index in [1.165, 1.54) is 0 Å². The van der Waals surface area contributed by atoms with Crippen molar-refractivity contribution in [2.45, 2.75) is 19.3 Å². The van der Waals surface area contributed by atoms with Crippen molar-refractivity contribution in [2.24, 2.45) is 5.92 Å². The Kier molecular flexibility index (Phi) is 6.62. The number of amides is 2. The monoisotopic (exact) mass is 421 g/mol. The number of rotatable bonds is 7. The Morgan fingerprint density at radius 3 is 2.68 bits per heavy atom. The number of ether oxygens (including phenoxy) is 1. The van der Waals surface area contributed by atoms with Crippen LogP contribution in [0.5, 0.6) is 0 Å². The van der Waals surface area contributed by atoms with Gasteiger partial charge in [0.1, 0.15) is 5.52 Å². The molecular weight excluding hydrogens is 394 g/mol. The third-order valence-corrected chi connectivity index (χ3v) is 5.66. The molecule has 7 nitrogen and oxygen atoms in total. The van der Waals surface area contributed by atoms with Gasteiger partial charge in [-0.2, -0.15) is 0 Å². The zero-order valence-electron chi connectivity index (χ0n) is 17.7. The Balaban J connectivity index is 1.36. The summed E-state index contributed by atoms with van der Waals surface area (Å²) in [5.74, 6) is 0.893. The van der Waals surface area contributed by atoms with E-state index in [0.29, 0.717) is 61.1 Å². The van der Waals surface area contributed by atoms with Crippen LogP contribution in [0.25, 0.3) is 22.6 Å². The van der Waals surface area contributed by atoms with Crippen molar-refractivity contribution in [3.63, 3.8) is 0 Å². The molecule has 1 aliphatic heterocycles. The van der Waals surface area contributed by atoms with Crippen molar-refractivity contribution in [3.05, 3.63) is 54.1 Å². The Hall–Kier alpha value is -3.19. The number of hydrogen-bond acceptors (Lipinski definition) is 5. The van der Waals surface area contributed by atoms with E-state index in [1.807, 2.05) is 35.2 Å². The van der Waals surface area contributed by atoms with Gasteiger partial charge in [0.25, 0.3) is 5.91 Å². The lowest BCUT2D eigenvalue weighted by Gasteiger charge is -2.31. The minimum atomic E-state index is -0.00541. The lowest BCUT2D eigenvalue weighted by Crippen LogP contribution is -2.39. The molecule has 0 aliphatic carbocycles. The van der Waals surface area contributed by atoms with E-state index < -0.39 is 0 Å². The topological polar surface area (TPSA) is 84.7 Å². The Labute approximate surface area is 181 Å². The number of carbonyl (C=O) groups excluding carboxylic acids is 2. The van der Waals surface area contributed by atoms with Gasteiger partial charge in [-0.25, -0.2) is 4.98 Å². The first-order valence-electron chi connectivity index (χ1n) is 10.6. The summed E-state index contributed by atoms with van der Waals surface area (Å²) in [7, 11) is 1.61. The summed E-state index contributed by atoms with van der Waals surface area (Å²) < 4.78 is 10.8. The van der Waals surface area contributed by atoms with Crippen LogP contribution in [0.15, 0.2) is 52.9 Å². The zero-order chi connectivity index (χ0) is 21.6. The molecule has 1 aliphatic rings. The van der Waals surface area contributed by atoms with Gasteiger partial charge in [-0.15, -0.1) is 0 Å². The molecule has 1 fully saturated rings. The van der Waals surface area contributed by atoms with E-state index >= 15 is 0 Å². The van der Waals surface area contributed by atoms with Crippen LogP contribution in [0.4, 0.5) is 0 Å². The van der Waals surface area contributed by atoms with Crippen LogP contribution < -0.4 is 5.32 Å². The van der Waals surface area contributed by atoms with E-state index in [2.05, 4.69) is 10.3 Å². The van der Waals surface area contributed by atoms with Crippen molar-refractivity contribution >= 4 is 22.9 Å². The highest BCUT2D eigenvalue weighted by atomic mass is 16.5. The maximum Gasteiger partial charge on any atom is 0.253 e. The van der Waals surface area contributed by atoms with Gasteiger partial charge in [0.15, 0.2) is 5.58 Å². The third-order valence-electron chi connectivity index (χ3n) is 5.66. The minimum absolute atomic E-state index is 0.00541. The highest BCUT2D eigenvalue weighted by molar-refractivity contribution is 5.97. The largest absolute Gasteiger partial charge is 0.436 e. The second-order valence-electron chi connectivity index (χ2n) is 7.85. The van der Waals surface area contributed by atoms with E-state index in [1.54, 1.807) is 25.3 Å². The number of benzene rings is 2. The number of aromatic nitrogens is 1. The molecule has 2 aromatic carbocycles. The standard InChI is InChI=1S/C24H27N3O4/c1-30-14-11-25-22(28)15-17-9-12-27(13-10-17)24(29)19-7-8-21-20(16-19)26-23(31-21)18-5-3-2-4-6-18/h2-8,16-17H,9-15H2,1H3,(H,25,28). The van der Waals surface area contributed by atoms with Crippen molar-refractivity contribution in [3.8, 4) is 11.5 Å². The van der Waals surface area contributed by atoms with Crippen LogP contribution in [0, 0.1) is 5.92 Å². The summed E-state index contributed by atoms with van der Waals surface area (Å²) >= 11 is 0. The van der Waals surface area contributed by atoms with Crippen LogP contribution in [-0.2, 0) is 9.53 Å². The molecule has 0 radical (unpaired) electrons. The van der Waals surface area contributed by atoms with Gasteiger partial charge in [-0.3, -0.25) is 9.59 Å². The fourth-order valence-electron chi connectivity index (χ4n) is 3.91. The summed E-state index contributed by atoms with van der Waals surface area (Å²) in [6.07, 6.45) is 2.15. The lowest BCUT2D eigenvalue weighted by atomic mass is 9.93. The Bertz CT molecular complexity index is 1040. The van der Waals surface area contributed by atoms with Gasteiger partial charge in [0.05, 0.1) is 6.61 Å². The third kappa shape index (κ3) is 5.11. The molecule has 1 N–H and O–H groups in total. The molecule has 2 amide bonds. The molecule has 1 saturated heterocycles. The van der Waals surface area contributed by atoms with E-state index in [9.17, 15) is 9.59 Å². The number of likely N-dealkylation sites (tertiary alicyclic amines) is 1. The van der Waals surface area contributed by atoms with Gasteiger partial charge in [0, 0.05) is 44.3 Å². The molecule has 7 heteroatoms. The van der Waals surface area contributed by atoms with E-state index in [-0.39, 0.29) is 11.8 Å². The molecule has 0 unspecified atom stereocenters. The maximum absolute atomic E-state index is 13.0. The molecule has 31 heavy (non-hydrogen) atoms. The van der Waals surface area contributed by atoms with Gasteiger partial charge in [-0.1, -0.05) is 18.2 Å². The van der Waals surface area contributed by atoms with Gasteiger partial charge in [0.2, 0.25) is 11.8 Å². The second-order valence-corrected chi connectivity index (χ2v) is 7.85. The molecule has 4 rings (SSSR count). The van der Waals surface area contributed by atoms with Crippen LogP contribution in [0.1, 0.15) is 29.6 Å². The number of oxazole rings is 1. The fraction of sp³-hybridized carbons (Fsp3) is 0.375. The first kappa shape index (κ1) is 21.1. The molecule has 1 aromatic heterocycles. The van der Waals surface area contributed by atoms with Crippen LogP contribution in [-0.4, -0.2) is 55.0 Å². The smallest absolute Gasteiger partial charge is 0.253 e. The van der Waals surface area contributed by atoms with Crippen molar-refractivity contribution in [1.29, 1.82) is 0 Å². The van der Waals surface area contributed by atoms with Crippen molar-refractivity contribution < 1.29 is 18.7 Å². The first-order valence-corrected chi connectivity index (χ1v) is 10.6. The second kappa shape index (κ2) is 9.75. The molecule has 2 heterocycles. The number of methoxy groups -OCH3 is 1. The maximum atomic E-state index is 13.0. The summed E-state index contributed by atoms with van der Waals surface area (Å²) in [6.45, 7) is 2.35. The number of carbonyl (C=O) groups is 2. The molecule has 3 aromatic rings. The van der Waals surface area contributed by atoms with Gasteiger partial charge in [-0.05, 0) is 49.1 Å². The predicted molar refractivity (Wildman–Crippen MR) is 118 cm³/mol. The molecule has 0 bridgehead atoms. The van der Waals surface area contributed by atoms with Crippen molar-refractivity contribution in [1.82, 2.24) is 15.2 Å². The highest BCUT2D eigenvalue weighted by Gasteiger charge is 2.25. The predicted octanol–water partition coefficient (Wildman–Crippen LogP) is 3.50. The molecule has 162 valence electrons. The van der Waals surface area contributed by atoms with Crippen LogP contribution in [0.2, 0.25) is 0 Å². The summed E-state index contributed by atoms with van der Waals surface area (Å²) in [4.78, 5) is 31.4. The minimum Gasteiger partial charge on any atom is -0.436 e. The molecular formula is C24H27N3O4. The number of nitrogens with one attached hydrogen (secondary N) is 1. The number of hydrogen-bond donors (Lipinski definition) is 1. The molecule has 0 saturated carbocycles. The average molecular weight is 421 g/mol. The summed E-state index contributed by atoms with van der Waals surface area (Å²) in [5.41, 5.74) is 2.84. The highest BCUT2D eigenvalue weighted by Crippen LogP contribution is 2.26. The molecule has 0 spiro atoms. The Morgan fingerprint density at radius 2 is 1.94 bits per heavy atom. The fourth-order valence-corrected chi connectivity index (χ4v) is 3.91. The number of piperidine rings is 1. The first-order chi connectivity index (χ1) is 15.1. The van der Waals surface area contributed by atoms with E-state index in [4.69, 9.17) is 9.15 Å². The summed E-state index contributed by atoms with van der Waals surface area (Å²) in [6, 6.07) is 15.1. The van der Waals surface area contributed by atoms with Gasteiger partial charge < -0.3 is 19.4 Å². The Morgan fingerprint density at radius 1 is 1.16 bits per heavy atom. The van der Waals surface area contributed by atoms with Crippen LogP contribution in [0.3, 0.4) is 0 Å². The van der Waals surface area contributed by atoms with E-state index in [0.717, 1.165) is 18.4 Å². The number of nitrogens with zero attached hydrogens (tertiary/aromatic N) is 2. The quantitative estimate of drug-likeness (QED) is 0.590. The summed E-state index contributed by atoms with van der Waals surface area (Å²) in [5, 5.41) is 2.86.